The van der Waals surface area contributed by atoms with Gasteiger partial charge in [0.2, 0.25) is 5.82 Å². The Morgan fingerprint density at radius 3 is 2.50 bits per heavy atom. The van der Waals surface area contributed by atoms with Crippen LogP contribution in [-0.4, -0.2) is 68.1 Å². The summed E-state index contributed by atoms with van der Waals surface area (Å²) in [5.41, 5.74) is 0.189. The van der Waals surface area contributed by atoms with Gasteiger partial charge < -0.3 is 23.8 Å². The Labute approximate surface area is 149 Å². The van der Waals surface area contributed by atoms with E-state index in [1.54, 1.807) is 4.90 Å². The molecular weight excluding hydrogens is 346 g/mol. The molecule has 2 fully saturated rings. The molecule has 2 saturated heterocycles. The highest BCUT2D eigenvalue weighted by Gasteiger charge is 2.26. The molecule has 2 aromatic rings. The molecule has 4 rings (SSSR count). The average Bonchev–Trinajstić information content (AvgIpc) is 3.12. The number of ether oxygens (including phenoxy) is 2. The minimum atomic E-state index is -0.651. The van der Waals surface area contributed by atoms with Gasteiger partial charge in [-0.15, -0.1) is 0 Å². The van der Waals surface area contributed by atoms with Gasteiger partial charge in [0.15, 0.2) is 0 Å². The van der Waals surface area contributed by atoms with Crippen molar-refractivity contribution in [2.75, 3.05) is 57.9 Å². The highest BCUT2D eigenvalue weighted by atomic mass is 19.1. The minimum absolute atomic E-state index is 0.0435. The second-order valence-corrected chi connectivity index (χ2v) is 6.47. The Bertz CT molecular complexity index is 756. The monoisotopic (exact) mass is 366 g/mol. The van der Waals surface area contributed by atoms with E-state index in [-0.39, 0.29) is 23.2 Å². The van der Waals surface area contributed by atoms with Crippen LogP contribution in [0.15, 0.2) is 16.7 Å². The smallest absolute Gasteiger partial charge is 0.257 e. The number of nitrogens with zero attached hydrogens (tertiary/aromatic N) is 4. The Balaban J connectivity index is 1.58. The molecule has 9 heteroatoms. The lowest BCUT2D eigenvalue weighted by Gasteiger charge is -2.29. The molecule has 1 unspecified atom stereocenters. The van der Waals surface area contributed by atoms with Crippen molar-refractivity contribution in [2.24, 2.45) is 0 Å². The second-order valence-electron chi connectivity index (χ2n) is 6.47. The fourth-order valence-corrected chi connectivity index (χ4v) is 3.19. The summed E-state index contributed by atoms with van der Waals surface area (Å²) in [6.07, 6.45) is -0.336. The lowest BCUT2D eigenvalue weighted by atomic mass is 10.1. The molecule has 2 aliphatic heterocycles. The summed E-state index contributed by atoms with van der Waals surface area (Å²) in [4.78, 5) is 8.00. The molecule has 0 amide bonds. The lowest BCUT2D eigenvalue weighted by Crippen LogP contribution is -2.37. The fourth-order valence-electron chi connectivity index (χ4n) is 3.19. The third-order valence-electron chi connectivity index (χ3n) is 4.59. The highest BCUT2D eigenvalue weighted by molar-refractivity contribution is 5.62. The fraction of sp³-hybridized carbons (Fsp3) is 0.529. The molecule has 7 nitrogen and oxygen atoms in total. The maximum absolute atomic E-state index is 14.6. The van der Waals surface area contributed by atoms with Crippen molar-refractivity contribution < 1.29 is 22.8 Å². The van der Waals surface area contributed by atoms with Gasteiger partial charge in [0.1, 0.15) is 23.4 Å². The molecule has 0 spiro atoms. The third kappa shape index (κ3) is 3.42. The molecule has 1 aromatic carbocycles. The summed E-state index contributed by atoms with van der Waals surface area (Å²) < 4.78 is 45.2. The predicted octanol–water partition coefficient (Wildman–Crippen LogP) is 1.85. The molecule has 1 atom stereocenters. The van der Waals surface area contributed by atoms with E-state index in [9.17, 15) is 8.78 Å². The zero-order chi connectivity index (χ0) is 18.1. The number of hydrogen-bond acceptors (Lipinski definition) is 7. The Kier molecular flexibility index (Phi) is 4.84. The van der Waals surface area contributed by atoms with E-state index in [0.717, 1.165) is 6.54 Å². The van der Waals surface area contributed by atoms with E-state index in [1.165, 1.54) is 12.1 Å². The SMILES string of the molecule is CN1CCOC(c2nc(-c3cc(F)c(N4CCOCC4)c(F)c3)no2)C1. The first-order valence-electron chi connectivity index (χ1n) is 8.57. The van der Waals surface area contributed by atoms with Gasteiger partial charge in [-0.2, -0.15) is 4.98 Å². The molecule has 2 aliphatic rings. The molecule has 0 aliphatic carbocycles. The van der Waals surface area contributed by atoms with E-state index in [2.05, 4.69) is 15.0 Å². The molecule has 3 heterocycles. The van der Waals surface area contributed by atoms with E-state index < -0.39 is 11.6 Å². The summed E-state index contributed by atoms with van der Waals surface area (Å²) in [6, 6.07) is 2.47. The van der Waals surface area contributed by atoms with Crippen molar-refractivity contribution in [1.29, 1.82) is 0 Å². The van der Waals surface area contributed by atoms with Crippen molar-refractivity contribution >= 4 is 5.69 Å². The second kappa shape index (κ2) is 7.26. The van der Waals surface area contributed by atoms with E-state index >= 15 is 0 Å². The van der Waals surface area contributed by atoms with Gasteiger partial charge in [0.05, 0.1) is 19.8 Å². The average molecular weight is 366 g/mol. The number of halogens is 2. The normalized spacial score (nSPS) is 22.0. The van der Waals surface area contributed by atoms with Crippen molar-refractivity contribution in [3.63, 3.8) is 0 Å². The summed E-state index contributed by atoms with van der Waals surface area (Å²) in [7, 11) is 1.97. The maximum atomic E-state index is 14.6. The molecule has 140 valence electrons. The predicted molar refractivity (Wildman–Crippen MR) is 88.9 cm³/mol. The topological polar surface area (TPSA) is 63.9 Å². The Hall–Kier alpha value is -2.10. The van der Waals surface area contributed by atoms with Gasteiger partial charge in [0, 0.05) is 31.7 Å². The molecule has 0 saturated carbocycles. The highest BCUT2D eigenvalue weighted by Crippen LogP contribution is 2.30. The van der Waals surface area contributed by atoms with E-state index in [0.29, 0.717) is 45.3 Å². The molecule has 0 bridgehead atoms. The van der Waals surface area contributed by atoms with Crippen molar-refractivity contribution in [1.82, 2.24) is 15.0 Å². The number of aromatic nitrogens is 2. The van der Waals surface area contributed by atoms with Crippen molar-refractivity contribution in [3.8, 4) is 11.4 Å². The number of morpholine rings is 2. The van der Waals surface area contributed by atoms with Crippen LogP contribution in [0, 0.1) is 11.6 Å². The molecule has 0 radical (unpaired) electrons. The van der Waals surface area contributed by atoms with Gasteiger partial charge in [-0.1, -0.05) is 5.16 Å². The zero-order valence-electron chi connectivity index (χ0n) is 14.5. The largest absolute Gasteiger partial charge is 0.378 e. The first kappa shape index (κ1) is 17.3. The van der Waals surface area contributed by atoms with Crippen LogP contribution < -0.4 is 4.90 Å². The lowest BCUT2D eigenvalue weighted by molar-refractivity contribution is -0.0366. The van der Waals surface area contributed by atoms with Gasteiger partial charge >= 0.3 is 0 Å². The first-order chi connectivity index (χ1) is 12.6. The van der Waals surface area contributed by atoms with Crippen LogP contribution in [0.25, 0.3) is 11.4 Å². The summed E-state index contributed by atoms with van der Waals surface area (Å²) >= 11 is 0. The Morgan fingerprint density at radius 1 is 1.08 bits per heavy atom. The van der Waals surface area contributed by atoms with Crippen LogP contribution in [0.5, 0.6) is 0 Å². The van der Waals surface area contributed by atoms with Crippen molar-refractivity contribution in [3.05, 3.63) is 29.7 Å². The van der Waals surface area contributed by atoms with Crippen LogP contribution in [0.3, 0.4) is 0 Å². The number of benzene rings is 1. The first-order valence-corrected chi connectivity index (χ1v) is 8.57. The van der Waals surface area contributed by atoms with Crippen molar-refractivity contribution in [2.45, 2.75) is 6.10 Å². The van der Waals surface area contributed by atoms with Crippen LogP contribution >= 0.6 is 0 Å². The van der Waals surface area contributed by atoms with Gasteiger partial charge in [0.25, 0.3) is 5.89 Å². The zero-order valence-corrected chi connectivity index (χ0v) is 14.5. The number of anilines is 1. The van der Waals surface area contributed by atoms with Crippen LogP contribution in [-0.2, 0) is 9.47 Å². The van der Waals surface area contributed by atoms with Crippen LogP contribution in [0.2, 0.25) is 0 Å². The van der Waals surface area contributed by atoms with Crippen LogP contribution in [0.4, 0.5) is 14.5 Å². The van der Waals surface area contributed by atoms with Gasteiger partial charge in [-0.25, -0.2) is 8.78 Å². The number of likely N-dealkylation sites (N-methyl/N-ethyl adjacent to an activating group) is 1. The third-order valence-corrected chi connectivity index (χ3v) is 4.59. The Morgan fingerprint density at radius 2 is 1.81 bits per heavy atom. The van der Waals surface area contributed by atoms with E-state index in [1.807, 2.05) is 7.05 Å². The molecule has 1 aromatic heterocycles. The molecular formula is C17H20F2N4O3. The number of rotatable bonds is 3. The molecule has 0 N–H and O–H groups in total. The maximum Gasteiger partial charge on any atom is 0.257 e. The van der Waals surface area contributed by atoms with Gasteiger partial charge in [-0.3, -0.25) is 0 Å². The minimum Gasteiger partial charge on any atom is -0.378 e. The summed E-state index contributed by atoms with van der Waals surface area (Å²) in [5, 5.41) is 3.86. The van der Waals surface area contributed by atoms with Gasteiger partial charge in [-0.05, 0) is 19.2 Å². The van der Waals surface area contributed by atoms with Crippen LogP contribution in [0.1, 0.15) is 12.0 Å². The number of hydrogen-bond donors (Lipinski definition) is 0. The van der Waals surface area contributed by atoms with E-state index in [4.69, 9.17) is 14.0 Å². The summed E-state index contributed by atoms with van der Waals surface area (Å²) in [6.45, 7) is 3.82. The summed E-state index contributed by atoms with van der Waals surface area (Å²) in [5.74, 6) is -0.850. The standard InChI is InChI=1S/C17H20F2N4O3/c1-22-2-7-25-14(10-22)17-20-16(21-26-17)11-8-12(18)15(13(19)9-11)23-3-5-24-6-4-23/h8-9,14H,2-7,10H2,1H3. The quantitative estimate of drug-likeness (QED) is 0.821. The molecule has 26 heavy (non-hydrogen) atoms.